The number of carbonyl (C=O) groups is 1. The third-order valence-corrected chi connectivity index (χ3v) is 7.48. The minimum Gasteiger partial charge on any atom is -0.457 e. The van der Waals surface area contributed by atoms with Crippen LogP contribution in [0.25, 0.3) is 11.2 Å². The van der Waals surface area contributed by atoms with Gasteiger partial charge in [-0.3, -0.25) is 4.79 Å². The number of hydrogen-bond donors (Lipinski definition) is 1. The van der Waals surface area contributed by atoms with E-state index in [4.69, 9.17) is 4.74 Å². The van der Waals surface area contributed by atoms with Gasteiger partial charge in [0.25, 0.3) is 0 Å². The lowest BCUT2D eigenvalue weighted by atomic mass is 10.2. The van der Waals surface area contributed by atoms with Crippen LogP contribution in [0.5, 0.6) is 11.5 Å². The second kappa shape index (κ2) is 11.5. The molecule has 1 aliphatic rings. The van der Waals surface area contributed by atoms with Crippen LogP contribution in [0, 0.1) is 6.92 Å². The summed E-state index contributed by atoms with van der Waals surface area (Å²) in [7, 11) is 5.85. The maximum Gasteiger partial charge on any atom is 0.246 e. The van der Waals surface area contributed by atoms with E-state index >= 15 is 0 Å². The topological polar surface area (TPSA) is 108 Å². The van der Waals surface area contributed by atoms with Crippen molar-refractivity contribution < 1.29 is 9.53 Å². The van der Waals surface area contributed by atoms with Crippen LogP contribution in [0.2, 0.25) is 0 Å². The van der Waals surface area contributed by atoms with Crippen molar-refractivity contribution in [2.75, 3.05) is 51.0 Å². The number of nitrogens with zero attached hydrogens (tertiary/aromatic N) is 9. The predicted octanol–water partition coefficient (Wildman–Crippen LogP) is 3.77. The fourth-order valence-corrected chi connectivity index (χ4v) is 5.19. The van der Waals surface area contributed by atoms with Crippen LogP contribution in [-0.2, 0) is 4.79 Å². The lowest BCUT2D eigenvalue weighted by Gasteiger charge is -2.24. The zero-order valence-electron chi connectivity index (χ0n) is 24.2. The van der Waals surface area contributed by atoms with Gasteiger partial charge in [-0.25, -0.2) is 19.0 Å². The molecule has 42 heavy (non-hydrogen) atoms. The van der Waals surface area contributed by atoms with Gasteiger partial charge in [0.2, 0.25) is 5.91 Å². The van der Waals surface area contributed by atoms with Crippen LogP contribution >= 0.6 is 0 Å². The van der Waals surface area contributed by atoms with Crippen molar-refractivity contribution in [3.8, 4) is 11.5 Å². The van der Waals surface area contributed by atoms with Crippen molar-refractivity contribution in [3.63, 3.8) is 0 Å². The van der Waals surface area contributed by atoms with E-state index in [9.17, 15) is 4.79 Å². The van der Waals surface area contributed by atoms with Gasteiger partial charge in [-0.05, 0) is 63.3 Å². The fourth-order valence-electron chi connectivity index (χ4n) is 5.19. The molecule has 1 aromatic carbocycles. The number of anilines is 3. The molecule has 1 N–H and O–H groups in total. The molecular formula is C30H34N10O2. The van der Waals surface area contributed by atoms with Gasteiger partial charge in [0, 0.05) is 56.9 Å². The number of amides is 1. The molecule has 5 aromatic rings. The number of benzene rings is 1. The molecule has 0 saturated carbocycles. The van der Waals surface area contributed by atoms with Crippen LogP contribution in [0.3, 0.4) is 0 Å². The molecule has 12 nitrogen and oxygen atoms in total. The van der Waals surface area contributed by atoms with Crippen LogP contribution < -0.4 is 15.0 Å². The van der Waals surface area contributed by atoms with Crippen LogP contribution in [0.4, 0.5) is 17.2 Å². The molecule has 1 atom stereocenters. The quantitative estimate of drug-likeness (QED) is 0.267. The molecule has 5 heterocycles. The monoisotopic (exact) mass is 566 g/mol. The molecule has 1 unspecified atom stereocenters. The Balaban J connectivity index is 1.17. The van der Waals surface area contributed by atoms with Gasteiger partial charge < -0.3 is 24.8 Å². The van der Waals surface area contributed by atoms with Gasteiger partial charge in [-0.2, -0.15) is 10.2 Å². The molecule has 1 amide bonds. The molecule has 0 radical (unpaired) electrons. The van der Waals surface area contributed by atoms with Crippen molar-refractivity contribution in [3.05, 3.63) is 79.2 Å². The number of hydrogen-bond acceptors (Lipinski definition) is 9. The number of rotatable bonds is 9. The number of likely N-dealkylation sites (N-methyl/N-ethyl adjacent to an activating group) is 2. The third kappa shape index (κ3) is 5.61. The molecule has 0 aliphatic carbocycles. The minimum absolute atomic E-state index is 0.0259. The Kier molecular flexibility index (Phi) is 7.44. The van der Waals surface area contributed by atoms with Crippen LogP contribution in [0.1, 0.15) is 12.0 Å². The summed E-state index contributed by atoms with van der Waals surface area (Å²) in [5.41, 5.74) is 4.49. The van der Waals surface area contributed by atoms with E-state index in [1.54, 1.807) is 16.9 Å². The van der Waals surface area contributed by atoms with Crippen molar-refractivity contribution in [2.24, 2.45) is 0 Å². The standard InChI is InChI=1S/C30H34N10O2/c1-21-16-22(7-8-26(21)42-24-10-14-39-27(17-24)31-19-33-39)35-30-29-25(11-15-40(29)34-20-32-30)38-13-9-23(18-38)37(4)28(41)6-5-12-36(2)3/h5-8,10-11,14-17,19-20,23H,9,12-13,18H2,1-4H3,(H,32,34,35)/b6-5+. The Morgan fingerprint density at radius 3 is 2.71 bits per heavy atom. The zero-order valence-corrected chi connectivity index (χ0v) is 24.2. The number of ether oxygens (including phenoxy) is 1. The summed E-state index contributed by atoms with van der Waals surface area (Å²) in [4.78, 5) is 27.7. The summed E-state index contributed by atoms with van der Waals surface area (Å²) in [6.07, 6.45) is 11.3. The van der Waals surface area contributed by atoms with E-state index < -0.39 is 0 Å². The number of pyridine rings is 1. The highest BCUT2D eigenvalue weighted by Crippen LogP contribution is 2.34. The normalized spacial score (nSPS) is 15.4. The summed E-state index contributed by atoms with van der Waals surface area (Å²) < 4.78 is 9.66. The maximum atomic E-state index is 12.7. The molecule has 216 valence electrons. The third-order valence-electron chi connectivity index (χ3n) is 7.48. The molecule has 0 spiro atoms. The highest BCUT2D eigenvalue weighted by Gasteiger charge is 2.29. The number of aryl methyl sites for hydroxylation is 1. The minimum atomic E-state index is 0.0259. The van der Waals surface area contributed by atoms with E-state index in [1.165, 1.54) is 6.33 Å². The summed E-state index contributed by atoms with van der Waals surface area (Å²) in [6, 6.07) is 11.8. The van der Waals surface area contributed by atoms with E-state index in [0.717, 1.165) is 59.9 Å². The second-order valence-corrected chi connectivity index (χ2v) is 10.7. The lowest BCUT2D eigenvalue weighted by Crippen LogP contribution is -2.38. The molecule has 1 aliphatic heterocycles. The number of fused-ring (bicyclic) bond motifs is 2. The summed E-state index contributed by atoms with van der Waals surface area (Å²) in [5, 5.41) is 12.0. The van der Waals surface area contributed by atoms with E-state index in [1.807, 2.05) is 91.2 Å². The Bertz CT molecular complexity index is 1760. The van der Waals surface area contributed by atoms with Crippen molar-refractivity contribution in [1.29, 1.82) is 0 Å². The largest absolute Gasteiger partial charge is 0.457 e. The van der Waals surface area contributed by atoms with Gasteiger partial charge in [0.1, 0.15) is 29.7 Å². The molecule has 1 fully saturated rings. The van der Waals surface area contributed by atoms with Crippen LogP contribution in [-0.4, -0.2) is 91.7 Å². The highest BCUT2D eigenvalue weighted by atomic mass is 16.5. The van der Waals surface area contributed by atoms with Crippen molar-refractivity contribution in [1.82, 2.24) is 39.0 Å². The summed E-state index contributed by atoms with van der Waals surface area (Å²) >= 11 is 0. The maximum absolute atomic E-state index is 12.7. The first-order chi connectivity index (χ1) is 20.4. The smallest absolute Gasteiger partial charge is 0.246 e. The zero-order chi connectivity index (χ0) is 29.2. The lowest BCUT2D eigenvalue weighted by molar-refractivity contribution is -0.126. The van der Waals surface area contributed by atoms with Crippen molar-refractivity contribution >= 4 is 34.3 Å². The fraction of sp³-hybridized carbons (Fsp3) is 0.300. The summed E-state index contributed by atoms with van der Waals surface area (Å²) in [6.45, 7) is 4.32. The average molecular weight is 567 g/mol. The summed E-state index contributed by atoms with van der Waals surface area (Å²) in [5.74, 6) is 2.17. The Morgan fingerprint density at radius 2 is 1.88 bits per heavy atom. The molecule has 4 aromatic heterocycles. The molecular weight excluding hydrogens is 532 g/mol. The van der Waals surface area contributed by atoms with Gasteiger partial charge in [0.15, 0.2) is 11.5 Å². The highest BCUT2D eigenvalue weighted by molar-refractivity contribution is 5.88. The number of nitrogens with one attached hydrogen (secondary N) is 1. The Hall–Kier alpha value is -4.97. The predicted molar refractivity (Wildman–Crippen MR) is 162 cm³/mol. The van der Waals surface area contributed by atoms with Gasteiger partial charge in [-0.1, -0.05) is 6.08 Å². The number of carbonyl (C=O) groups excluding carboxylic acids is 1. The Labute approximate surface area is 243 Å². The molecule has 0 bridgehead atoms. The van der Waals surface area contributed by atoms with Gasteiger partial charge >= 0.3 is 0 Å². The van der Waals surface area contributed by atoms with E-state index in [2.05, 4.69) is 36.4 Å². The Morgan fingerprint density at radius 1 is 1.07 bits per heavy atom. The first-order valence-corrected chi connectivity index (χ1v) is 13.9. The first kappa shape index (κ1) is 27.2. The van der Waals surface area contributed by atoms with Crippen LogP contribution in [0.15, 0.2) is 73.6 Å². The van der Waals surface area contributed by atoms with E-state index in [0.29, 0.717) is 11.6 Å². The molecule has 1 saturated heterocycles. The van der Waals surface area contributed by atoms with Gasteiger partial charge in [0.05, 0.1) is 11.7 Å². The first-order valence-electron chi connectivity index (χ1n) is 13.9. The average Bonchev–Trinajstić information content (AvgIpc) is 3.73. The van der Waals surface area contributed by atoms with Crippen molar-refractivity contribution in [2.45, 2.75) is 19.4 Å². The van der Waals surface area contributed by atoms with Gasteiger partial charge in [-0.15, -0.1) is 0 Å². The molecule has 12 heteroatoms. The SMILES string of the molecule is Cc1cc(Nc2ncnn3ccc(N4CCC(N(C)C(=O)/C=C/CN(C)C)C4)c23)ccc1Oc1ccn2ncnc2c1. The second-order valence-electron chi connectivity index (χ2n) is 10.7. The number of aromatic nitrogens is 6. The van der Waals surface area contributed by atoms with E-state index in [-0.39, 0.29) is 11.9 Å². The molecule has 6 rings (SSSR count).